The van der Waals surface area contributed by atoms with Crippen LogP contribution in [0.5, 0.6) is 5.75 Å². The van der Waals surface area contributed by atoms with Gasteiger partial charge in [0.05, 0.1) is 6.61 Å². The lowest BCUT2D eigenvalue weighted by Crippen LogP contribution is -2.39. The van der Waals surface area contributed by atoms with Crippen molar-refractivity contribution >= 4 is 5.95 Å². The van der Waals surface area contributed by atoms with Gasteiger partial charge in [0.25, 0.3) is 0 Å². The van der Waals surface area contributed by atoms with Gasteiger partial charge >= 0.3 is 0 Å². The molecular formula is C21H30N4O. The van der Waals surface area contributed by atoms with Crippen LogP contribution in [0.1, 0.15) is 43.4 Å². The molecule has 0 radical (unpaired) electrons. The van der Waals surface area contributed by atoms with Crippen LogP contribution in [-0.4, -0.2) is 40.6 Å². The van der Waals surface area contributed by atoms with Gasteiger partial charge in [-0.1, -0.05) is 19.1 Å². The normalized spacial score (nSPS) is 15.8. The van der Waals surface area contributed by atoms with Crippen molar-refractivity contribution in [2.45, 2.75) is 52.6 Å². The molecule has 1 N–H and O–H groups in total. The van der Waals surface area contributed by atoms with Gasteiger partial charge in [-0.15, -0.1) is 0 Å². The monoisotopic (exact) mass is 354 g/mol. The van der Waals surface area contributed by atoms with Crippen molar-refractivity contribution in [2.24, 2.45) is 0 Å². The van der Waals surface area contributed by atoms with Crippen LogP contribution >= 0.6 is 0 Å². The number of ether oxygens (including phenoxy) is 1. The van der Waals surface area contributed by atoms with E-state index in [-0.39, 0.29) is 0 Å². The first-order valence-corrected chi connectivity index (χ1v) is 9.70. The van der Waals surface area contributed by atoms with E-state index >= 15 is 0 Å². The number of aromatic nitrogens is 2. The molecule has 1 aromatic carbocycles. The summed E-state index contributed by atoms with van der Waals surface area (Å²) < 4.78 is 5.72. The fourth-order valence-electron chi connectivity index (χ4n) is 3.34. The van der Waals surface area contributed by atoms with E-state index in [9.17, 15) is 0 Å². The maximum Gasteiger partial charge on any atom is 0.222 e. The first-order chi connectivity index (χ1) is 12.7. The van der Waals surface area contributed by atoms with E-state index < -0.39 is 0 Å². The maximum absolute atomic E-state index is 5.72. The number of aryl methyl sites for hydroxylation is 2. The van der Waals surface area contributed by atoms with Gasteiger partial charge in [0.15, 0.2) is 0 Å². The molecule has 1 fully saturated rings. The summed E-state index contributed by atoms with van der Waals surface area (Å²) in [5.74, 6) is 1.76. The van der Waals surface area contributed by atoms with Crippen molar-refractivity contribution in [3.63, 3.8) is 0 Å². The molecule has 26 heavy (non-hydrogen) atoms. The minimum atomic E-state index is 0.454. The van der Waals surface area contributed by atoms with E-state index in [1.807, 2.05) is 19.3 Å². The zero-order chi connectivity index (χ0) is 18.4. The highest BCUT2D eigenvalue weighted by atomic mass is 16.5. The molecule has 3 rings (SSSR count). The molecule has 2 heterocycles. The minimum Gasteiger partial charge on any atom is -0.494 e. The summed E-state index contributed by atoms with van der Waals surface area (Å²) in [6.45, 7) is 10.1. The van der Waals surface area contributed by atoms with E-state index in [0.717, 1.165) is 50.6 Å². The number of anilines is 1. The molecule has 0 saturated carbocycles. The van der Waals surface area contributed by atoms with E-state index in [1.54, 1.807) is 0 Å². The summed E-state index contributed by atoms with van der Waals surface area (Å²) in [7, 11) is 0. The van der Waals surface area contributed by atoms with Crippen LogP contribution in [0.2, 0.25) is 0 Å². The molecule has 0 aliphatic carbocycles. The van der Waals surface area contributed by atoms with Crippen LogP contribution in [0.3, 0.4) is 0 Å². The predicted octanol–water partition coefficient (Wildman–Crippen LogP) is 3.82. The number of likely N-dealkylation sites (tertiary alicyclic amines) is 1. The zero-order valence-electron chi connectivity index (χ0n) is 16.2. The summed E-state index contributed by atoms with van der Waals surface area (Å²) >= 11 is 0. The third-order valence-electron chi connectivity index (χ3n) is 4.99. The van der Waals surface area contributed by atoms with Gasteiger partial charge in [-0.3, -0.25) is 4.90 Å². The minimum absolute atomic E-state index is 0.454. The Hall–Kier alpha value is -2.14. The zero-order valence-corrected chi connectivity index (χ0v) is 16.2. The van der Waals surface area contributed by atoms with Crippen molar-refractivity contribution in [1.82, 2.24) is 14.9 Å². The predicted molar refractivity (Wildman–Crippen MR) is 106 cm³/mol. The standard InChI is InChI=1S/C21H30N4O/c1-4-17-13-22-21(23-14-17)24-19-8-10-25(11-9-19)15-18-7-6-16(3)20(12-18)26-5-2/h6-7,12-14,19H,4-5,8-11,15H2,1-3H3,(H,22,23,24). The Balaban J connectivity index is 1.49. The quantitative estimate of drug-likeness (QED) is 0.819. The molecule has 1 aliphatic heterocycles. The molecule has 5 heteroatoms. The van der Waals surface area contributed by atoms with E-state index in [0.29, 0.717) is 12.6 Å². The number of rotatable bonds is 7. The van der Waals surface area contributed by atoms with Crippen LogP contribution < -0.4 is 10.1 Å². The van der Waals surface area contributed by atoms with Crippen LogP contribution in [0.15, 0.2) is 30.6 Å². The van der Waals surface area contributed by atoms with Crippen LogP contribution in [0.4, 0.5) is 5.95 Å². The molecule has 2 aromatic rings. The lowest BCUT2D eigenvalue weighted by atomic mass is 10.0. The highest BCUT2D eigenvalue weighted by molar-refractivity contribution is 5.36. The topological polar surface area (TPSA) is 50.3 Å². The van der Waals surface area contributed by atoms with Crippen molar-refractivity contribution in [2.75, 3.05) is 25.0 Å². The van der Waals surface area contributed by atoms with Crippen molar-refractivity contribution in [1.29, 1.82) is 0 Å². The molecule has 0 atom stereocenters. The third kappa shape index (κ3) is 4.94. The second kappa shape index (κ2) is 8.99. The summed E-state index contributed by atoms with van der Waals surface area (Å²) in [5.41, 5.74) is 3.70. The van der Waals surface area contributed by atoms with Gasteiger partial charge in [-0.2, -0.15) is 0 Å². The first kappa shape index (κ1) is 18.6. The average molecular weight is 354 g/mol. The van der Waals surface area contributed by atoms with Gasteiger partial charge in [0.1, 0.15) is 5.75 Å². The number of nitrogens with one attached hydrogen (secondary N) is 1. The smallest absolute Gasteiger partial charge is 0.222 e. The molecule has 0 bridgehead atoms. The Kier molecular flexibility index (Phi) is 6.45. The number of benzene rings is 1. The van der Waals surface area contributed by atoms with Gasteiger partial charge in [-0.05, 0) is 55.9 Å². The second-order valence-corrected chi connectivity index (χ2v) is 7.00. The first-order valence-electron chi connectivity index (χ1n) is 9.70. The van der Waals surface area contributed by atoms with Gasteiger partial charge in [0.2, 0.25) is 5.95 Å². The molecular weight excluding hydrogens is 324 g/mol. The SMILES string of the molecule is CCOc1cc(CN2CCC(Nc3ncc(CC)cn3)CC2)ccc1C. The highest BCUT2D eigenvalue weighted by Crippen LogP contribution is 2.22. The molecule has 140 valence electrons. The van der Waals surface area contributed by atoms with E-state index in [2.05, 4.69) is 52.2 Å². The van der Waals surface area contributed by atoms with Crippen molar-refractivity contribution in [3.05, 3.63) is 47.3 Å². The maximum atomic E-state index is 5.72. The van der Waals surface area contributed by atoms with E-state index in [1.165, 1.54) is 16.7 Å². The summed E-state index contributed by atoms with van der Waals surface area (Å²) in [4.78, 5) is 11.3. The number of hydrogen-bond acceptors (Lipinski definition) is 5. The third-order valence-corrected chi connectivity index (χ3v) is 4.99. The van der Waals surface area contributed by atoms with Crippen molar-refractivity contribution in [3.8, 4) is 5.75 Å². The van der Waals surface area contributed by atoms with Crippen LogP contribution in [0, 0.1) is 6.92 Å². The number of nitrogens with zero attached hydrogens (tertiary/aromatic N) is 3. The molecule has 1 aromatic heterocycles. The fraction of sp³-hybridized carbons (Fsp3) is 0.524. The summed E-state index contributed by atoms with van der Waals surface area (Å²) in [6.07, 6.45) is 7.03. The van der Waals surface area contributed by atoms with Crippen LogP contribution in [0.25, 0.3) is 0 Å². The molecule has 0 spiro atoms. The van der Waals surface area contributed by atoms with E-state index in [4.69, 9.17) is 4.74 Å². The largest absolute Gasteiger partial charge is 0.494 e. The Morgan fingerprint density at radius 1 is 1.12 bits per heavy atom. The van der Waals surface area contributed by atoms with Gasteiger partial charge < -0.3 is 10.1 Å². The Morgan fingerprint density at radius 2 is 1.85 bits per heavy atom. The van der Waals surface area contributed by atoms with Gasteiger partial charge in [-0.25, -0.2) is 9.97 Å². The Labute approximate surface area is 156 Å². The fourth-order valence-corrected chi connectivity index (χ4v) is 3.34. The van der Waals surface area contributed by atoms with Crippen molar-refractivity contribution < 1.29 is 4.74 Å². The summed E-state index contributed by atoms with van der Waals surface area (Å²) in [5, 5.41) is 3.48. The summed E-state index contributed by atoms with van der Waals surface area (Å²) in [6, 6.07) is 7.01. The lowest BCUT2D eigenvalue weighted by molar-refractivity contribution is 0.210. The molecule has 5 nitrogen and oxygen atoms in total. The number of hydrogen-bond donors (Lipinski definition) is 1. The molecule has 1 aliphatic rings. The molecule has 0 amide bonds. The van der Waals surface area contributed by atoms with Crippen LogP contribution in [-0.2, 0) is 13.0 Å². The average Bonchev–Trinajstić information content (AvgIpc) is 2.67. The van der Waals surface area contributed by atoms with Gasteiger partial charge in [0, 0.05) is 38.1 Å². The highest BCUT2D eigenvalue weighted by Gasteiger charge is 2.20. The lowest BCUT2D eigenvalue weighted by Gasteiger charge is -2.32. The Morgan fingerprint density at radius 3 is 2.50 bits per heavy atom. The number of piperidine rings is 1. The second-order valence-electron chi connectivity index (χ2n) is 7.00. The molecule has 0 unspecified atom stereocenters. The Bertz CT molecular complexity index is 694. The molecule has 1 saturated heterocycles.